The van der Waals surface area contributed by atoms with Gasteiger partial charge in [0.2, 0.25) is 0 Å². The number of rotatable bonds is 1. The summed E-state index contributed by atoms with van der Waals surface area (Å²) in [4.78, 5) is 4.01. The van der Waals surface area contributed by atoms with Crippen LogP contribution >= 0.6 is 0 Å². The molecule has 0 aliphatic carbocycles. The molecule has 0 saturated carbocycles. The number of aryl methyl sites for hydroxylation is 1. The van der Waals surface area contributed by atoms with Gasteiger partial charge in [0.25, 0.3) is 5.71 Å². The van der Waals surface area contributed by atoms with E-state index in [-0.39, 0.29) is 5.75 Å². The number of nitrogen functional groups attached to an aromatic ring is 1. The minimum atomic E-state index is 0.00524. The topological polar surface area (TPSA) is 109 Å². The van der Waals surface area contributed by atoms with Gasteiger partial charge in [-0.2, -0.15) is 5.26 Å². The Morgan fingerprint density at radius 1 is 1.35 bits per heavy atom. The smallest absolute Gasteiger partial charge is 0.258 e. The molecule has 0 saturated heterocycles. The lowest BCUT2D eigenvalue weighted by molar-refractivity contribution is 0.448. The van der Waals surface area contributed by atoms with Gasteiger partial charge < -0.3 is 15.4 Å². The predicted octanol–water partition coefficient (Wildman–Crippen LogP) is 2.36. The van der Waals surface area contributed by atoms with E-state index in [0.717, 1.165) is 5.56 Å². The van der Waals surface area contributed by atoms with Crippen molar-refractivity contribution in [3.8, 4) is 23.1 Å². The molecular weight excluding hydrogens is 256 g/mol. The molecule has 98 valence electrons. The van der Waals surface area contributed by atoms with E-state index in [1.807, 2.05) is 13.0 Å². The van der Waals surface area contributed by atoms with Gasteiger partial charge in [-0.05, 0) is 24.6 Å². The third-order valence-electron chi connectivity index (χ3n) is 3.10. The molecule has 0 atom stereocenters. The maximum Gasteiger partial charge on any atom is 0.258 e. The third kappa shape index (κ3) is 1.73. The molecule has 0 radical (unpaired) electrons. The molecule has 2 heterocycles. The van der Waals surface area contributed by atoms with E-state index < -0.39 is 0 Å². The number of pyridine rings is 1. The summed E-state index contributed by atoms with van der Waals surface area (Å²) in [7, 11) is 0. The van der Waals surface area contributed by atoms with Crippen molar-refractivity contribution in [2.24, 2.45) is 0 Å². The van der Waals surface area contributed by atoms with Gasteiger partial charge in [0, 0.05) is 23.5 Å². The fourth-order valence-corrected chi connectivity index (χ4v) is 1.99. The Balaban J connectivity index is 2.30. The summed E-state index contributed by atoms with van der Waals surface area (Å²) < 4.78 is 5.12. The van der Waals surface area contributed by atoms with Crippen LogP contribution in [0.4, 0.5) is 5.69 Å². The zero-order valence-corrected chi connectivity index (χ0v) is 10.6. The predicted molar refractivity (Wildman–Crippen MR) is 72.8 cm³/mol. The summed E-state index contributed by atoms with van der Waals surface area (Å²) in [6.07, 6.45) is 1.41. The minimum Gasteiger partial charge on any atom is -0.507 e. The second-order valence-electron chi connectivity index (χ2n) is 4.45. The highest BCUT2D eigenvalue weighted by Gasteiger charge is 2.16. The summed E-state index contributed by atoms with van der Waals surface area (Å²) in [5.41, 5.74) is 8.69. The van der Waals surface area contributed by atoms with Crippen LogP contribution in [0.15, 0.2) is 28.9 Å². The number of anilines is 1. The Hall–Kier alpha value is -3.07. The van der Waals surface area contributed by atoms with Gasteiger partial charge in [-0.1, -0.05) is 5.16 Å². The van der Waals surface area contributed by atoms with Crippen LogP contribution in [0, 0.1) is 18.3 Å². The molecule has 2 aromatic heterocycles. The van der Waals surface area contributed by atoms with Crippen LogP contribution in [0.3, 0.4) is 0 Å². The number of hydrogen-bond donors (Lipinski definition) is 2. The first-order chi connectivity index (χ1) is 9.60. The monoisotopic (exact) mass is 266 g/mol. The van der Waals surface area contributed by atoms with Gasteiger partial charge in [0.15, 0.2) is 0 Å². The maximum atomic E-state index is 10.0. The van der Waals surface area contributed by atoms with Crippen molar-refractivity contribution in [2.45, 2.75) is 6.92 Å². The van der Waals surface area contributed by atoms with E-state index in [2.05, 4.69) is 10.1 Å². The number of benzene rings is 1. The SMILES string of the molecule is Cc1cc(-c2noc3ncc(C#N)cc23)c(O)cc1N. The van der Waals surface area contributed by atoms with Gasteiger partial charge in [0.1, 0.15) is 17.5 Å². The summed E-state index contributed by atoms with van der Waals surface area (Å²) in [5, 5.41) is 23.4. The third-order valence-corrected chi connectivity index (χ3v) is 3.10. The Morgan fingerprint density at radius 3 is 2.90 bits per heavy atom. The maximum absolute atomic E-state index is 10.0. The van der Waals surface area contributed by atoms with E-state index in [0.29, 0.717) is 33.6 Å². The van der Waals surface area contributed by atoms with Gasteiger partial charge in [-0.25, -0.2) is 4.98 Å². The van der Waals surface area contributed by atoms with Crippen LogP contribution in [0.1, 0.15) is 11.1 Å². The summed E-state index contributed by atoms with van der Waals surface area (Å²) in [6, 6.07) is 6.82. The molecule has 0 bridgehead atoms. The summed E-state index contributed by atoms with van der Waals surface area (Å²) in [5.74, 6) is 0.00524. The average molecular weight is 266 g/mol. The van der Waals surface area contributed by atoms with Crippen molar-refractivity contribution in [3.63, 3.8) is 0 Å². The number of fused-ring (bicyclic) bond motifs is 1. The Labute approximate surface area is 114 Å². The van der Waals surface area contributed by atoms with Crippen LogP contribution in [0.5, 0.6) is 5.75 Å². The number of nitriles is 1. The number of phenolic OH excluding ortho intramolecular Hbond substituents is 1. The van der Waals surface area contributed by atoms with Crippen LogP contribution in [-0.4, -0.2) is 15.2 Å². The van der Waals surface area contributed by atoms with E-state index >= 15 is 0 Å². The highest BCUT2D eigenvalue weighted by molar-refractivity contribution is 5.92. The van der Waals surface area contributed by atoms with E-state index in [1.165, 1.54) is 12.3 Å². The zero-order chi connectivity index (χ0) is 14.3. The van der Waals surface area contributed by atoms with Crippen LogP contribution in [-0.2, 0) is 0 Å². The first kappa shape index (κ1) is 12.0. The standard InChI is InChI=1S/C14H10N4O2/c1-7-2-9(12(19)4-11(7)16)13-10-3-8(5-15)6-17-14(10)20-18-13/h2-4,6,19H,16H2,1H3. The molecule has 0 amide bonds. The summed E-state index contributed by atoms with van der Waals surface area (Å²) >= 11 is 0. The Morgan fingerprint density at radius 2 is 2.15 bits per heavy atom. The van der Waals surface area contributed by atoms with Crippen molar-refractivity contribution >= 4 is 16.8 Å². The molecule has 0 fully saturated rings. The number of nitrogens with zero attached hydrogens (tertiary/aromatic N) is 3. The quantitative estimate of drug-likeness (QED) is 0.654. The molecule has 1 aromatic carbocycles. The number of nitrogens with two attached hydrogens (primary N) is 1. The lowest BCUT2D eigenvalue weighted by Crippen LogP contribution is -1.91. The molecule has 6 heteroatoms. The molecule has 0 aliphatic heterocycles. The molecular formula is C14H10N4O2. The lowest BCUT2D eigenvalue weighted by atomic mass is 10.0. The number of phenols is 1. The number of aromatic hydroxyl groups is 1. The molecule has 3 aromatic rings. The first-order valence-corrected chi connectivity index (χ1v) is 5.85. The van der Waals surface area contributed by atoms with Crippen molar-refractivity contribution in [1.82, 2.24) is 10.1 Å². The van der Waals surface area contributed by atoms with Gasteiger partial charge >= 0.3 is 0 Å². The molecule has 0 unspecified atom stereocenters. The zero-order valence-electron chi connectivity index (χ0n) is 10.6. The molecule has 3 N–H and O–H groups in total. The highest BCUT2D eigenvalue weighted by atomic mass is 16.5. The number of aromatic nitrogens is 2. The fourth-order valence-electron chi connectivity index (χ4n) is 1.99. The van der Waals surface area contributed by atoms with Crippen molar-refractivity contribution in [1.29, 1.82) is 5.26 Å². The van der Waals surface area contributed by atoms with Crippen molar-refractivity contribution < 1.29 is 9.63 Å². The molecule has 6 nitrogen and oxygen atoms in total. The summed E-state index contributed by atoms with van der Waals surface area (Å²) in [6.45, 7) is 1.83. The van der Waals surface area contributed by atoms with Crippen LogP contribution < -0.4 is 5.73 Å². The van der Waals surface area contributed by atoms with Gasteiger partial charge in [-0.15, -0.1) is 0 Å². The van der Waals surface area contributed by atoms with Crippen LogP contribution in [0.25, 0.3) is 22.4 Å². The van der Waals surface area contributed by atoms with Crippen molar-refractivity contribution in [3.05, 3.63) is 35.5 Å². The molecule has 0 spiro atoms. The normalized spacial score (nSPS) is 10.6. The molecule has 0 aliphatic rings. The van der Waals surface area contributed by atoms with E-state index in [9.17, 15) is 5.11 Å². The van der Waals surface area contributed by atoms with E-state index in [1.54, 1.807) is 12.1 Å². The Bertz CT molecular complexity index is 861. The molecule has 20 heavy (non-hydrogen) atoms. The largest absolute Gasteiger partial charge is 0.507 e. The Kier molecular flexibility index (Phi) is 2.54. The highest BCUT2D eigenvalue weighted by Crippen LogP contribution is 2.36. The second kappa shape index (κ2) is 4.24. The van der Waals surface area contributed by atoms with E-state index in [4.69, 9.17) is 15.5 Å². The molecule has 3 rings (SSSR count). The fraction of sp³-hybridized carbons (Fsp3) is 0.0714. The average Bonchev–Trinajstić information content (AvgIpc) is 2.85. The lowest BCUT2D eigenvalue weighted by Gasteiger charge is -2.06. The van der Waals surface area contributed by atoms with Crippen molar-refractivity contribution in [2.75, 3.05) is 5.73 Å². The van der Waals surface area contributed by atoms with Gasteiger partial charge in [0.05, 0.1) is 10.9 Å². The van der Waals surface area contributed by atoms with Gasteiger partial charge in [-0.3, -0.25) is 0 Å². The number of hydrogen-bond acceptors (Lipinski definition) is 6. The minimum absolute atomic E-state index is 0.00524. The van der Waals surface area contributed by atoms with Crippen LogP contribution in [0.2, 0.25) is 0 Å². The first-order valence-electron chi connectivity index (χ1n) is 5.85. The second-order valence-corrected chi connectivity index (χ2v) is 4.45.